The molecule has 1 heterocycles. The van der Waals surface area contributed by atoms with E-state index in [4.69, 9.17) is 0 Å². The molecule has 0 aliphatic heterocycles. The summed E-state index contributed by atoms with van der Waals surface area (Å²) in [6.45, 7) is 2.12. The molecular weight excluding hydrogens is 194 g/mol. The van der Waals surface area contributed by atoms with Gasteiger partial charge in [-0.25, -0.2) is 0 Å². The van der Waals surface area contributed by atoms with E-state index >= 15 is 0 Å². The van der Waals surface area contributed by atoms with E-state index in [2.05, 4.69) is 11.9 Å². The van der Waals surface area contributed by atoms with Gasteiger partial charge >= 0.3 is 0 Å². The van der Waals surface area contributed by atoms with Gasteiger partial charge in [0.1, 0.15) is 5.78 Å². The second-order valence-corrected chi connectivity index (χ2v) is 4.19. The summed E-state index contributed by atoms with van der Waals surface area (Å²) in [7, 11) is 0. The van der Waals surface area contributed by atoms with Crippen molar-refractivity contribution in [2.24, 2.45) is 0 Å². The van der Waals surface area contributed by atoms with Crippen LogP contribution in [-0.4, -0.2) is 22.3 Å². The highest BCUT2D eigenvalue weighted by atomic mass is 32.2. The van der Waals surface area contributed by atoms with E-state index in [1.165, 1.54) is 0 Å². The summed E-state index contributed by atoms with van der Waals surface area (Å²) >= 11 is 1.70. The normalized spacial score (nSPS) is 10.1. The third-order valence-corrected chi connectivity index (χ3v) is 2.94. The van der Waals surface area contributed by atoms with Crippen molar-refractivity contribution in [2.75, 3.05) is 11.5 Å². The van der Waals surface area contributed by atoms with Crippen LogP contribution < -0.4 is 0 Å². The van der Waals surface area contributed by atoms with Gasteiger partial charge in [-0.15, -0.1) is 0 Å². The number of Topliss-reactive ketones (excluding diaryl/α,β-unsaturated/α-hetero) is 1. The molecule has 0 bridgehead atoms. The Hall–Kier alpha value is -0.830. The molecule has 14 heavy (non-hydrogen) atoms. The minimum Gasteiger partial charge on any atom is -0.298 e. The van der Waals surface area contributed by atoms with Crippen LogP contribution in [0.2, 0.25) is 0 Å². The zero-order chi connectivity index (χ0) is 10.2. The fraction of sp³-hybridized carbons (Fsp3) is 0.455. The molecule has 0 atom stereocenters. The first kappa shape index (κ1) is 11.2. The van der Waals surface area contributed by atoms with Gasteiger partial charge in [-0.2, -0.15) is 11.8 Å². The third-order valence-electron chi connectivity index (χ3n) is 1.72. The Kier molecular flexibility index (Phi) is 5.30. The molecule has 0 aromatic carbocycles. The average molecular weight is 209 g/mol. The monoisotopic (exact) mass is 209 g/mol. The Balaban J connectivity index is 2.27. The van der Waals surface area contributed by atoms with Gasteiger partial charge in [-0.3, -0.25) is 9.78 Å². The second-order valence-electron chi connectivity index (χ2n) is 3.09. The van der Waals surface area contributed by atoms with Crippen LogP contribution in [0, 0.1) is 0 Å². The third kappa shape index (κ3) is 4.42. The van der Waals surface area contributed by atoms with Crippen LogP contribution in [0.25, 0.3) is 0 Å². The van der Waals surface area contributed by atoms with Crippen LogP contribution in [0.1, 0.15) is 19.0 Å². The number of nitrogens with zero attached hydrogens (tertiary/aromatic N) is 1. The van der Waals surface area contributed by atoms with Gasteiger partial charge in [0.25, 0.3) is 0 Å². The van der Waals surface area contributed by atoms with Gasteiger partial charge in [0.05, 0.1) is 5.75 Å². The fourth-order valence-corrected chi connectivity index (χ4v) is 1.85. The van der Waals surface area contributed by atoms with E-state index in [0.717, 1.165) is 17.9 Å². The maximum Gasteiger partial charge on any atom is 0.148 e. The number of pyridine rings is 1. The Labute approximate surface area is 89.1 Å². The van der Waals surface area contributed by atoms with Crippen molar-refractivity contribution in [3.8, 4) is 0 Å². The zero-order valence-corrected chi connectivity index (χ0v) is 9.22. The van der Waals surface area contributed by atoms with E-state index in [9.17, 15) is 4.79 Å². The minimum absolute atomic E-state index is 0.266. The highest BCUT2D eigenvalue weighted by Crippen LogP contribution is 2.04. The van der Waals surface area contributed by atoms with Gasteiger partial charge in [0.2, 0.25) is 0 Å². The number of aromatic nitrogens is 1. The van der Waals surface area contributed by atoms with Crippen LogP contribution >= 0.6 is 11.8 Å². The summed E-state index contributed by atoms with van der Waals surface area (Å²) in [6.07, 6.45) is 3.32. The second kappa shape index (κ2) is 6.60. The van der Waals surface area contributed by atoms with E-state index in [-0.39, 0.29) is 5.78 Å². The summed E-state index contributed by atoms with van der Waals surface area (Å²) in [6, 6.07) is 5.66. The minimum atomic E-state index is 0.266. The van der Waals surface area contributed by atoms with Gasteiger partial charge in [-0.1, -0.05) is 13.0 Å². The number of ketones is 1. The molecule has 1 rings (SSSR count). The predicted molar refractivity (Wildman–Crippen MR) is 60.6 cm³/mol. The summed E-state index contributed by atoms with van der Waals surface area (Å²) in [5.41, 5.74) is 0.870. The van der Waals surface area contributed by atoms with Gasteiger partial charge in [0.15, 0.2) is 0 Å². The summed E-state index contributed by atoms with van der Waals surface area (Å²) in [4.78, 5) is 15.5. The molecule has 0 unspecified atom stereocenters. The fourth-order valence-electron chi connectivity index (χ4n) is 1.09. The number of rotatable bonds is 6. The standard InChI is InChI=1S/C11H15NOS/c1-2-7-14-9-11(13)8-10-5-3-4-6-12-10/h3-6H,2,7-9H2,1H3. The Morgan fingerprint density at radius 1 is 1.50 bits per heavy atom. The van der Waals surface area contributed by atoms with Gasteiger partial charge < -0.3 is 0 Å². The average Bonchev–Trinajstić information content (AvgIpc) is 2.20. The number of carbonyl (C=O) groups excluding carboxylic acids is 1. The van der Waals surface area contributed by atoms with Crippen molar-refractivity contribution in [3.63, 3.8) is 0 Å². The number of carbonyl (C=O) groups is 1. The molecule has 0 saturated heterocycles. The maximum absolute atomic E-state index is 11.4. The molecule has 0 N–H and O–H groups in total. The van der Waals surface area contributed by atoms with Crippen LogP contribution in [-0.2, 0) is 11.2 Å². The Morgan fingerprint density at radius 2 is 2.36 bits per heavy atom. The van der Waals surface area contributed by atoms with E-state index in [1.54, 1.807) is 18.0 Å². The van der Waals surface area contributed by atoms with E-state index in [0.29, 0.717) is 12.2 Å². The lowest BCUT2D eigenvalue weighted by molar-refractivity contribution is -0.116. The number of hydrogen-bond donors (Lipinski definition) is 0. The van der Waals surface area contributed by atoms with Gasteiger partial charge in [-0.05, 0) is 24.3 Å². The first-order valence-electron chi connectivity index (χ1n) is 4.82. The molecular formula is C11H15NOS. The topological polar surface area (TPSA) is 30.0 Å². The summed E-state index contributed by atoms with van der Waals surface area (Å²) in [5, 5.41) is 0. The molecule has 76 valence electrons. The molecule has 1 aromatic heterocycles. The van der Waals surface area contributed by atoms with Crippen molar-refractivity contribution in [1.82, 2.24) is 4.98 Å². The summed E-state index contributed by atoms with van der Waals surface area (Å²) < 4.78 is 0. The van der Waals surface area contributed by atoms with Crippen molar-refractivity contribution in [2.45, 2.75) is 19.8 Å². The van der Waals surface area contributed by atoms with E-state index < -0.39 is 0 Å². The molecule has 3 heteroatoms. The quantitative estimate of drug-likeness (QED) is 0.674. The lowest BCUT2D eigenvalue weighted by Crippen LogP contribution is -2.07. The molecule has 0 fully saturated rings. The van der Waals surface area contributed by atoms with E-state index in [1.807, 2.05) is 18.2 Å². The zero-order valence-electron chi connectivity index (χ0n) is 8.40. The molecule has 0 aliphatic rings. The molecule has 2 nitrogen and oxygen atoms in total. The lowest BCUT2D eigenvalue weighted by atomic mass is 10.2. The highest BCUT2D eigenvalue weighted by Gasteiger charge is 2.03. The lowest BCUT2D eigenvalue weighted by Gasteiger charge is -1.99. The van der Waals surface area contributed by atoms with Gasteiger partial charge in [0, 0.05) is 18.3 Å². The van der Waals surface area contributed by atoms with Crippen LogP contribution in [0.5, 0.6) is 0 Å². The number of hydrogen-bond acceptors (Lipinski definition) is 3. The highest BCUT2D eigenvalue weighted by molar-refractivity contribution is 7.99. The molecule has 0 aliphatic carbocycles. The maximum atomic E-state index is 11.4. The molecule has 1 aromatic rings. The molecule has 0 saturated carbocycles. The first-order chi connectivity index (χ1) is 6.83. The van der Waals surface area contributed by atoms with Crippen molar-refractivity contribution in [3.05, 3.63) is 30.1 Å². The van der Waals surface area contributed by atoms with Crippen LogP contribution in [0.3, 0.4) is 0 Å². The first-order valence-corrected chi connectivity index (χ1v) is 5.97. The summed E-state index contributed by atoms with van der Waals surface area (Å²) in [5.74, 6) is 1.94. The van der Waals surface area contributed by atoms with Crippen LogP contribution in [0.15, 0.2) is 24.4 Å². The molecule has 0 radical (unpaired) electrons. The Morgan fingerprint density at radius 3 is 3.00 bits per heavy atom. The van der Waals surface area contributed by atoms with Crippen LogP contribution in [0.4, 0.5) is 0 Å². The van der Waals surface area contributed by atoms with Crippen molar-refractivity contribution < 1.29 is 4.79 Å². The molecule has 0 spiro atoms. The number of thioether (sulfide) groups is 1. The molecule has 0 amide bonds. The largest absolute Gasteiger partial charge is 0.298 e. The van der Waals surface area contributed by atoms with Crippen molar-refractivity contribution >= 4 is 17.5 Å². The SMILES string of the molecule is CCCSCC(=O)Cc1ccccn1. The Bertz CT molecular complexity index is 274. The van der Waals surface area contributed by atoms with Crippen molar-refractivity contribution in [1.29, 1.82) is 0 Å². The smallest absolute Gasteiger partial charge is 0.148 e. The predicted octanol–water partition coefficient (Wildman–Crippen LogP) is 2.34.